The van der Waals surface area contributed by atoms with Gasteiger partial charge >= 0.3 is 6.09 Å². The first-order valence-electron chi connectivity index (χ1n) is 11.9. The molecule has 0 spiro atoms. The fraction of sp³-hybridized carbons (Fsp3) is 0.200. The van der Waals surface area contributed by atoms with E-state index in [1.54, 1.807) is 0 Å². The summed E-state index contributed by atoms with van der Waals surface area (Å²) in [7, 11) is 0. The van der Waals surface area contributed by atoms with Crippen LogP contribution >= 0.6 is 0 Å². The molecule has 3 N–H and O–H groups in total. The zero-order valence-corrected chi connectivity index (χ0v) is 19.6. The van der Waals surface area contributed by atoms with Gasteiger partial charge < -0.3 is 15.7 Å². The fourth-order valence-electron chi connectivity index (χ4n) is 4.43. The highest BCUT2D eigenvalue weighted by molar-refractivity contribution is 5.88. The summed E-state index contributed by atoms with van der Waals surface area (Å²) >= 11 is 0. The Morgan fingerprint density at radius 2 is 1.34 bits per heavy atom. The van der Waals surface area contributed by atoms with Gasteiger partial charge in [0.05, 0.1) is 6.04 Å². The highest BCUT2D eigenvalue weighted by atomic mass is 16.4. The van der Waals surface area contributed by atoms with E-state index < -0.39 is 12.1 Å². The summed E-state index contributed by atoms with van der Waals surface area (Å²) < 4.78 is 0. The number of hydrogen-bond donors (Lipinski definition) is 3. The molecular formula is C30H30N2O3. The average molecular weight is 467 g/mol. The highest BCUT2D eigenvalue weighted by Crippen LogP contribution is 2.23. The Kier molecular flexibility index (Phi) is 8.25. The summed E-state index contributed by atoms with van der Waals surface area (Å²) in [6, 6.07) is 33.8. The Bertz CT molecular complexity index is 1220. The van der Waals surface area contributed by atoms with Crippen molar-refractivity contribution in [1.29, 1.82) is 0 Å². The number of carboxylic acid groups (broad SMARTS) is 1. The minimum absolute atomic E-state index is 0.121. The molecule has 4 rings (SSSR count). The Morgan fingerprint density at radius 1 is 0.743 bits per heavy atom. The van der Waals surface area contributed by atoms with Crippen molar-refractivity contribution >= 4 is 22.6 Å². The van der Waals surface area contributed by atoms with Gasteiger partial charge in [-0.1, -0.05) is 103 Å². The SMILES string of the molecule is O=C(O)NC(Cc1ccc2ccccc2c1)C(=O)CCNCC(c1ccccc1)c1ccccc1. The maximum Gasteiger partial charge on any atom is 0.405 e. The molecule has 0 saturated heterocycles. The summed E-state index contributed by atoms with van der Waals surface area (Å²) in [5, 5.41) is 17.3. The number of hydrogen-bond acceptors (Lipinski definition) is 3. The lowest BCUT2D eigenvalue weighted by Gasteiger charge is -2.20. The molecule has 0 aliphatic rings. The largest absolute Gasteiger partial charge is 0.465 e. The number of benzene rings is 4. The molecule has 0 radical (unpaired) electrons. The Hall–Kier alpha value is -3.96. The van der Waals surface area contributed by atoms with Crippen LogP contribution in [0, 0.1) is 0 Å². The molecule has 4 aromatic rings. The van der Waals surface area contributed by atoms with Gasteiger partial charge in [0.2, 0.25) is 0 Å². The van der Waals surface area contributed by atoms with E-state index in [1.165, 1.54) is 11.1 Å². The van der Waals surface area contributed by atoms with Crippen molar-refractivity contribution in [2.24, 2.45) is 0 Å². The maximum atomic E-state index is 13.0. The minimum atomic E-state index is -1.19. The van der Waals surface area contributed by atoms with Crippen LogP contribution < -0.4 is 10.6 Å². The molecule has 0 saturated carbocycles. The lowest BCUT2D eigenvalue weighted by atomic mass is 9.91. The van der Waals surface area contributed by atoms with Gasteiger partial charge in [0.25, 0.3) is 0 Å². The minimum Gasteiger partial charge on any atom is -0.465 e. The van der Waals surface area contributed by atoms with Crippen molar-refractivity contribution < 1.29 is 14.7 Å². The Morgan fingerprint density at radius 3 is 1.97 bits per heavy atom. The third-order valence-electron chi connectivity index (χ3n) is 6.24. The summed E-state index contributed by atoms with van der Waals surface area (Å²) in [6.07, 6.45) is -0.619. The third-order valence-corrected chi connectivity index (χ3v) is 6.24. The van der Waals surface area contributed by atoms with Gasteiger partial charge in [0, 0.05) is 25.4 Å². The molecular weight excluding hydrogens is 436 g/mol. The molecule has 1 atom stereocenters. The monoisotopic (exact) mass is 466 g/mol. The van der Waals surface area contributed by atoms with Gasteiger partial charge in [0.1, 0.15) is 0 Å². The number of carbonyl (C=O) groups excluding carboxylic acids is 1. The molecule has 1 amide bonds. The number of carbonyl (C=O) groups is 2. The number of amides is 1. The van der Waals surface area contributed by atoms with Crippen LogP contribution in [0.4, 0.5) is 4.79 Å². The molecule has 5 nitrogen and oxygen atoms in total. The molecule has 0 fully saturated rings. The molecule has 178 valence electrons. The van der Waals surface area contributed by atoms with Crippen LogP contribution in [0.15, 0.2) is 103 Å². The average Bonchev–Trinajstić information content (AvgIpc) is 2.89. The number of fused-ring (bicyclic) bond motifs is 1. The van der Waals surface area contributed by atoms with Crippen LogP contribution in [0.25, 0.3) is 10.8 Å². The number of nitrogens with one attached hydrogen (secondary N) is 2. The molecule has 0 bridgehead atoms. The second-order valence-corrected chi connectivity index (χ2v) is 8.68. The van der Waals surface area contributed by atoms with E-state index in [2.05, 4.69) is 34.9 Å². The van der Waals surface area contributed by atoms with E-state index in [9.17, 15) is 14.7 Å². The van der Waals surface area contributed by atoms with Crippen LogP contribution in [0.1, 0.15) is 29.0 Å². The third kappa shape index (κ3) is 6.78. The van der Waals surface area contributed by atoms with Crippen molar-refractivity contribution in [3.05, 3.63) is 120 Å². The van der Waals surface area contributed by atoms with Gasteiger partial charge in [0.15, 0.2) is 5.78 Å². The normalized spacial score (nSPS) is 11.9. The van der Waals surface area contributed by atoms with Crippen molar-refractivity contribution in [2.45, 2.75) is 24.8 Å². The van der Waals surface area contributed by atoms with Crippen LogP contribution in [0.3, 0.4) is 0 Å². The maximum absolute atomic E-state index is 13.0. The second kappa shape index (κ2) is 12.0. The summed E-state index contributed by atoms with van der Waals surface area (Å²) in [5.41, 5.74) is 3.34. The standard InChI is InChI=1S/C30H30N2O3/c33-29(28(32-30(34)35)20-22-15-16-23-9-7-8-14-26(23)19-22)17-18-31-21-27(24-10-3-1-4-11-24)25-12-5-2-6-13-25/h1-16,19,27-28,31-32H,17-18,20-21H2,(H,34,35). The van der Waals surface area contributed by atoms with Gasteiger partial charge in [-0.05, 0) is 33.9 Å². The Balaban J connectivity index is 1.37. The number of rotatable bonds is 11. The molecule has 0 heterocycles. The van der Waals surface area contributed by atoms with Gasteiger partial charge in [-0.15, -0.1) is 0 Å². The molecule has 0 aliphatic heterocycles. The highest BCUT2D eigenvalue weighted by Gasteiger charge is 2.21. The summed E-state index contributed by atoms with van der Waals surface area (Å²) in [6.45, 7) is 1.16. The molecule has 1 unspecified atom stereocenters. The van der Waals surface area contributed by atoms with Crippen LogP contribution in [-0.2, 0) is 11.2 Å². The van der Waals surface area contributed by atoms with E-state index in [0.29, 0.717) is 19.5 Å². The number of Topliss-reactive ketones (excluding diaryl/α,β-unsaturated/α-hetero) is 1. The van der Waals surface area contributed by atoms with Gasteiger partial charge in [-0.25, -0.2) is 4.79 Å². The zero-order chi connectivity index (χ0) is 24.5. The smallest absolute Gasteiger partial charge is 0.405 e. The van der Waals surface area contributed by atoms with Crippen LogP contribution in [0.2, 0.25) is 0 Å². The van der Waals surface area contributed by atoms with Gasteiger partial charge in [-0.3, -0.25) is 4.79 Å². The number of ketones is 1. The molecule has 4 aromatic carbocycles. The molecule has 5 heteroatoms. The topological polar surface area (TPSA) is 78.4 Å². The predicted molar refractivity (Wildman–Crippen MR) is 140 cm³/mol. The molecule has 0 aliphatic carbocycles. The molecule has 35 heavy (non-hydrogen) atoms. The first-order chi connectivity index (χ1) is 17.1. The van der Waals surface area contributed by atoms with Gasteiger partial charge in [-0.2, -0.15) is 0 Å². The molecule has 0 aromatic heterocycles. The van der Waals surface area contributed by atoms with E-state index in [0.717, 1.165) is 16.3 Å². The zero-order valence-electron chi connectivity index (χ0n) is 19.6. The van der Waals surface area contributed by atoms with Crippen molar-refractivity contribution in [1.82, 2.24) is 10.6 Å². The van der Waals surface area contributed by atoms with E-state index in [1.807, 2.05) is 78.9 Å². The lowest BCUT2D eigenvalue weighted by molar-refractivity contribution is -0.120. The van der Waals surface area contributed by atoms with E-state index >= 15 is 0 Å². The first kappa shape index (κ1) is 24.2. The summed E-state index contributed by atoms with van der Waals surface area (Å²) in [4.78, 5) is 24.3. The van der Waals surface area contributed by atoms with Crippen LogP contribution in [0.5, 0.6) is 0 Å². The second-order valence-electron chi connectivity index (χ2n) is 8.68. The Labute approximate surface area is 205 Å². The van der Waals surface area contributed by atoms with E-state index in [-0.39, 0.29) is 18.1 Å². The lowest BCUT2D eigenvalue weighted by Crippen LogP contribution is -2.42. The van der Waals surface area contributed by atoms with Crippen LogP contribution in [-0.4, -0.2) is 36.1 Å². The first-order valence-corrected chi connectivity index (χ1v) is 11.9. The predicted octanol–water partition coefficient (Wildman–Crippen LogP) is 5.40. The summed E-state index contributed by atoms with van der Waals surface area (Å²) in [5.74, 6) is 0.0436. The fourth-order valence-corrected chi connectivity index (χ4v) is 4.43. The van der Waals surface area contributed by atoms with E-state index in [4.69, 9.17) is 0 Å². The van der Waals surface area contributed by atoms with Crippen molar-refractivity contribution in [3.63, 3.8) is 0 Å². The van der Waals surface area contributed by atoms with Crippen molar-refractivity contribution in [3.8, 4) is 0 Å². The van der Waals surface area contributed by atoms with Crippen molar-refractivity contribution in [2.75, 3.05) is 13.1 Å². The quantitative estimate of drug-likeness (QED) is 0.259.